The summed E-state index contributed by atoms with van der Waals surface area (Å²) in [5.41, 5.74) is 2.85. The third kappa shape index (κ3) is 2.88. The Bertz CT molecular complexity index is 501. The average Bonchev–Trinajstić information content (AvgIpc) is 2.82. The molecule has 1 N–H and O–H groups in total. The summed E-state index contributed by atoms with van der Waals surface area (Å²) in [5.74, 6) is 1.70. The third-order valence-corrected chi connectivity index (χ3v) is 5.57. The molecule has 0 bridgehead atoms. The van der Waals surface area contributed by atoms with E-state index in [2.05, 4.69) is 43.4 Å². The van der Waals surface area contributed by atoms with E-state index in [1.807, 2.05) is 11.8 Å². The van der Waals surface area contributed by atoms with E-state index in [4.69, 9.17) is 4.99 Å². The maximum Gasteiger partial charge on any atom is 0.161 e. The lowest BCUT2D eigenvalue weighted by atomic mass is 9.84. The first-order valence-corrected chi connectivity index (χ1v) is 8.76. The highest BCUT2D eigenvalue weighted by Crippen LogP contribution is 2.40. The molecule has 0 radical (unpaired) electrons. The molecule has 1 aromatic carbocycles. The quantitative estimate of drug-likeness (QED) is 0.825. The first kappa shape index (κ1) is 14.0. The van der Waals surface area contributed by atoms with Crippen LogP contribution in [0.3, 0.4) is 0 Å². The fourth-order valence-corrected chi connectivity index (χ4v) is 4.44. The van der Waals surface area contributed by atoms with E-state index >= 15 is 0 Å². The number of para-hydroxylation sites is 1. The zero-order valence-corrected chi connectivity index (χ0v) is 13.3. The van der Waals surface area contributed by atoms with E-state index in [-0.39, 0.29) is 5.54 Å². The standard InChI is InChI=1S/C17H24N2S/c1-13(2)14-8-4-5-9-15(14)18-16-19-17(12-20-16)10-6-3-7-11-17/h4-5,8-9,13H,3,6-7,10-12H2,1-2H3,(H,18,19). The summed E-state index contributed by atoms with van der Waals surface area (Å²) in [5, 5.41) is 4.70. The number of rotatable bonds is 2. The van der Waals surface area contributed by atoms with Crippen molar-refractivity contribution in [2.24, 2.45) is 4.99 Å². The van der Waals surface area contributed by atoms with Crippen LogP contribution in [0.2, 0.25) is 0 Å². The summed E-state index contributed by atoms with van der Waals surface area (Å²) in [6.45, 7) is 4.49. The first-order valence-electron chi connectivity index (χ1n) is 7.77. The Labute approximate surface area is 126 Å². The van der Waals surface area contributed by atoms with Gasteiger partial charge in [-0.1, -0.05) is 63.1 Å². The van der Waals surface area contributed by atoms with Crippen molar-refractivity contribution in [2.45, 2.75) is 57.4 Å². The molecule has 0 atom stereocenters. The van der Waals surface area contributed by atoms with E-state index in [9.17, 15) is 0 Å². The zero-order chi connectivity index (χ0) is 14.0. The molecule has 1 heterocycles. The summed E-state index contributed by atoms with van der Waals surface area (Å²) < 4.78 is 0. The number of aliphatic imine (C=N–C) groups is 1. The molecule has 2 aliphatic rings. The molecule has 1 saturated carbocycles. The molecule has 3 heteroatoms. The van der Waals surface area contributed by atoms with Gasteiger partial charge in [-0.25, -0.2) is 0 Å². The van der Waals surface area contributed by atoms with E-state index in [1.54, 1.807) is 0 Å². The van der Waals surface area contributed by atoms with Crippen LogP contribution in [0.5, 0.6) is 0 Å². The van der Waals surface area contributed by atoms with Crippen molar-refractivity contribution < 1.29 is 0 Å². The van der Waals surface area contributed by atoms with Crippen molar-refractivity contribution in [3.63, 3.8) is 0 Å². The number of nitrogens with zero attached hydrogens (tertiary/aromatic N) is 1. The molecule has 2 nitrogen and oxygen atoms in total. The van der Waals surface area contributed by atoms with Crippen molar-refractivity contribution in [1.82, 2.24) is 0 Å². The molecule has 0 aromatic heterocycles. The van der Waals surface area contributed by atoms with Gasteiger partial charge in [0.25, 0.3) is 0 Å². The van der Waals surface area contributed by atoms with Crippen LogP contribution >= 0.6 is 11.8 Å². The van der Waals surface area contributed by atoms with E-state index in [0.29, 0.717) is 5.92 Å². The molecule has 20 heavy (non-hydrogen) atoms. The minimum atomic E-state index is 0.248. The largest absolute Gasteiger partial charge is 0.335 e. The lowest BCUT2D eigenvalue weighted by molar-refractivity contribution is 0.335. The van der Waals surface area contributed by atoms with E-state index in [1.165, 1.54) is 49.1 Å². The van der Waals surface area contributed by atoms with Gasteiger partial charge < -0.3 is 5.32 Å². The van der Waals surface area contributed by atoms with Crippen molar-refractivity contribution in [2.75, 3.05) is 11.1 Å². The van der Waals surface area contributed by atoms with Crippen LogP contribution in [-0.2, 0) is 0 Å². The minimum absolute atomic E-state index is 0.248. The summed E-state index contributed by atoms with van der Waals surface area (Å²) in [4.78, 5) is 5.04. The van der Waals surface area contributed by atoms with Gasteiger partial charge in [0, 0.05) is 11.4 Å². The fraction of sp³-hybridized carbons (Fsp3) is 0.588. The van der Waals surface area contributed by atoms with Crippen LogP contribution in [-0.4, -0.2) is 16.5 Å². The molecular weight excluding hydrogens is 264 g/mol. The van der Waals surface area contributed by atoms with Gasteiger partial charge in [-0.2, -0.15) is 0 Å². The molecule has 108 valence electrons. The van der Waals surface area contributed by atoms with Gasteiger partial charge in [-0.3, -0.25) is 4.99 Å². The minimum Gasteiger partial charge on any atom is -0.335 e. The molecule has 0 unspecified atom stereocenters. The number of anilines is 1. The third-order valence-electron chi connectivity index (χ3n) is 4.42. The molecule has 3 rings (SSSR count). The van der Waals surface area contributed by atoms with E-state index < -0.39 is 0 Å². The lowest BCUT2D eigenvalue weighted by Crippen LogP contribution is -2.29. The number of nitrogens with one attached hydrogen (secondary N) is 1. The SMILES string of the molecule is CC(C)c1ccccc1NC1=NC2(CCCCC2)CS1. The van der Waals surface area contributed by atoms with Gasteiger partial charge in [0.1, 0.15) is 0 Å². The van der Waals surface area contributed by atoms with Gasteiger partial charge in [-0.15, -0.1) is 0 Å². The Kier molecular flexibility index (Phi) is 4.06. The summed E-state index contributed by atoms with van der Waals surface area (Å²) in [6, 6.07) is 8.60. The summed E-state index contributed by atoms with van der Waals surface area (Å²) in [6.07, 6.45) is 6.63. The van der Waals surface area contributed by atoms with Crippen molar-refractivity contribution in [1.29, 1.82) is 0 Å². The Morgan fingerprint density at radius 3 is 2.65 bits per heavy atom. The molecule has 0 saturated heterocycles. The molecule has 1 aliphatic carbocycles. The monoisotopic (exact) mass is 288 g/mol. The predicted octanol–water partition coefficient (Wildman–Crippen LogP) is 5.03. The van der Waals surface area contributed by atoms with Gasteiger partial charge in [-0.05, 0) is 30.4 Å². The second-order valence-electron chi connectivity index (χ2n) is 6.36. The number of hydrogen-bond acceptors (Lipinski definition) is 3. The Morgan fingerprint density at radius 1 is 1.15 bits per heavy atom. The van der Waals surface area contributed by atoms with Gasteiger partial charge in [0.05, 0.1) is 5.54 Å². The number of thioether (sulfide) groups is 1. The molecule has 1 fully saturated rings. The maximum atomic E-state index is 5.04. The van der Waals surface area contributed by atoms with Gasteiger partial charge in [0.15, 0.2) is 5.17 Å². The lowest BCUT2D eigenvalue weighted by Gasteiger charge is -2.29. The van der Waals surface area contributed by atoms with Crippen molar-refractivity contribution >= 4 is 22.6 Å². The van der Waals surface area contributed by atoms with Crippen LogP contribution in [0.15, 0.2) is 29.3 Å². The normalized spacial score (nSPS) is 21.2. The number of benzene rings is 1. The second kappa shape index (κ2) is 5.80. The number of amidine groups is 1. The molecular formula is C17H24N2S. The van der Waals surface area contributed by atoms with Crippen LogP contribution in [0.25, 0.3) is 0 Å². The Hall–Kier alpha value is -0.960. The molecule has 1 spiro atoms. The van der Waals surface area contributed by atoms with E-state index in [0.717, 1.165) is 5.17 Å². The Balaban J connectivity index is 1.77. The second-order valence-corrected chi connectivity index (χ2v) is 7.32. The van der Waals surface area contributed by atoms with Crippen LogP contribution < -0.4 is 5.32 Å². The summed E-state index contributed by atoms with van der Waals surface area (Å²) >= 11 is 1.90. The van der Waals surface area contributed by atoms with Crippen molar-refractivity contribution in [3.8, 4) is 0 Å². The summed E-state index contributed by atoms with van der Waals surface area (Å²) in [7, 11) is 0. The smallest absolute Gasteiger partial charge is 0.161 e. The molecule has 1 aromatic rings. The zero-order valence-electron chi connectivity index (χ0n) is 12.5. The molecule has 1 aliphatic heterocycles. The predicted molar refractivity (Wildman–Crippen MR) is 89.9 cm³/mol. The topological polar surface area (TPSA) is 24.4 Å². The molecule has 0 amide bonds. The highest BCUT2D eigenvalue weighted by molar-refractivity contribution is 8.14. The first-order chi connectivity index (χ1) is 9.69. The highest BCUT2D eigenvalue weighted by Gasteiger charge is 2.36. The van der Waals surface area contributed by atoms with Crippen LogP contribution in [0.1, 0.15) is 57.4 Å². The maximum absolute atomic E-state index is 5.04. The number of hydrogen-bond donors (Lipinski definition) is 1. The highest BCUT2D eigenvalue weighted by atomic mass is 32.2. The van der Waals surface area contributed by atoms with Crippen LogP contribution in [0.4, 0.5) is 5.69 Å². The fourth-order valence-electron chi connectivity index (χ4n) is 3.24. The van der Waals surface area contributed by atoms with Gasteiger partial charge >= 0.3 is 0 Å². The van der Waals surface area contributed by atoms with Crippen molar-refractivity contribution in [3.05, 3.63) is 29.8 Å². The average molecular weight is 288 g/mol. The van der Waals surface area contributed by atoms with Crippen LogP contribution in [0, 0.1) is 0 Å². The van der Waals surface area contributed by atoms with Gasteiger partial charge in [0.2, 0.25) is 0 Å². The Morgan fingerprint density at radius 2 is 1.90 bits per heavy atom.